The molecule has 0 radical (unpaired) electrons. The van der Waals surface area contributed by atoms with Crippen LogP contribution in [-0.2, 0) is 23.9 Å². The van der Waals surface area contributed by atoms with Gasteiger partial charge in [0.1, 0.15) is 5.82 Å². The third kappa shape index (κ3) is 4.55. The first-order valence-electron chi connectivity index (χ1n) is 11.7. The molecule has 9 nitrogen and oxygen atoms in total. The number of aliphatic hydroxyl groups excluding tert-OH is 1. The predicted octanol–water partition coefficient (Wildman–Crippen LogP) is 2.66. The second-order valence-electron chi connectivity index (χ2n) is 10.1. The van der Waals surface area contributed by atoms with Gasteiger partial charge in [-0.25, -0.2) is 9.37 Å². The van der Waals surface area contributed by atoms with E-state index < -0.39 is 29.8 Å². The van der Waals surface area contributed by atoms with E-state index in [1.54, 1.807) is 18.3 Å². The van der Waals surface area contributed by atoms with Crippen LogP contribution < -0.4 is 16.9 Å². The highest BCUT2D eigenvalue weighted by molar-refractivity contribution is 5.83. The van der Waals surface area contributed by atoms with Gasteiger partial charge < -0.3 is 15.4 Å². The Morgan fingerprint density at radius 1 is 1.19 bits per heavy atom. The van der Waals surface area contributed by atoms with Gasteiger partial charge in [-0.1, -0.05) is 20.8 Å². The molecule has 1 atom stereocenters. The molecule has 192 valence electrons. The Hall–Kier alpha value is -4.18. The van der Waals surface area contributed by atoms with E-state index in [1.165, 1.54) is 43.1 Å². The van der Waals surface area contributed by atoms with Crippen molar-refractivity contribution in [1.82, 2.24) is 19.3 Å². The van der Waals surface area contributed by atoms with Gasteiger partial charge in [0.25, 0.3) is 11.1 Å². The molecule has 4 aromatic rings. The minimum Gasteiger partial charge on any atom is -0.392 e. The summed E-state index contributed by atoms with van der Waals surface area (Å²) in [7, 11) is 1.54. The predicted molar refractivity (Wildman–Crippen MR) is 138 cm³/mol. The van der Waals surface area contributed by atoms with Crippen LogP contribution in [0.1, 0.15) is 50.3 Å². The number of fused-ring (bicyclic) bond motifs is 1. The molecule has 37 heavy (non-hydrogen) atoms. The summed E-state index contributed by atoms with van der Waals surface area (Å²) < 4.78 is 17.4. The molecule has 3 N–H and O–H groups in total. The summed E-state index contributed by atoms with van der Waals surface area (Å²) in [5.74, 6) is -2.16. The van der Waals surface area contributed by atoms with Gasteiger partial charge in [-0.3, -0.25) is 14.4 Å². The smallest absolute Gasteiger partial charge is 0.283 e. The monoisotopic (exact) mass is 505 g/mol. The largest absolute Gasteiger partial charge is 0.392 e. The minimum atomic E-state index is -0.844. The lowest BCUT2D eigenvalue weighted by atomic mass is 9.86. The number of aliphatic hydroxyl groups is 1. The number of pyridine rings is 2. The second-order valence-corrected chi connectivity index (χ2v) is 10.1. The molecular weight excluding hydrogens is 477 g/mol. The number of amides is 1. The topological polar surface area (TPSA) is 133 Å². The summed E-state index contributed by atoms with van der Waals surface area (Å²) in [6.07, 6.45) is 4.36. The first-order chi connectivity index (χ1) is 17.3. The van der Waals surface area contributed by atoms with Gasteiger partial charge in [-0.05, 0) is 53.3 Å². The molecule has 1 aromatic carbocycles. The number of nitrogens with two attached hydrogens (primary N) is 1. The van der Waals surface area contributed by atoms with Gasteiger partial charge in [0.2, 0.25) is 5.91 Å². The van der Waals surface area contributed by atoms with Gasteiger partial charge in [0.15, 0.2) is 5.82 Å². The third-order valence-corrected chi connectivity index (χ3v) is 6.51. The van der Waals surface area contributed by atoms with Crippen molar-refractivity contribution in [1.29, 1.82) is 0 Å². The van der Waals surface area contributed by atoms with Crippen LogP contribution in [0.2, 0.25) is 0 Å². The number of nitrogens with zero attached hydrogens (tertiary/aromatic N) is 4. The van der Waals surface area contributed by atoms with Crippen molar-refractivity contribution in [3.8, 4) is 16.9 Å². The first-order valence-corrected chi connectivity index (χ1v) is 11.7. The van der Waals surface area contributed by atoms with Crippen molar-refractivity contribution < 1.29 is 14.3 Å². The Kier molecular flexibility index (Phi) is 6.55. The van der Waals surface area contributed by atoms with E-state index in [2.05, 4.69) is 10.1 Å². The van der Waals surface area contributed by atoms with Gasteiger partial charge in [0.05, 0.1) is 24.1 Å². The van der Waals surface area contributed by atoms with E-state index >= 15 is 4.39 Å². The molecular formula is C27H28FN5O4. The van der Waals surface area contributed by atoms with Crippen LogP contribution in [0.3, 0.4) is 0 Å². The number of hydrogen-bond acceptors (Lipinski definition) is 6. The highest BCUT2D eigenvalue weighted by Crippen LogP contribution is 2.29. The lowest BCUT2D eigenvalue weighted by molar-refractivity contribution is -0.119. The van der Waals surface area contributed by atoms with Crippen LogP contribution in [0.15, 0.2) is 52.4 Å². The van der Waals surface area contributed by atoms with Crippen LogP contribution in [0.25, 0.3) is 27.7 Å². The molecule has 0 aliphatic rings. The van der Waals surface area contributed by atoms with Crippen LogP contribution in [0, 0.1) is 5.82 Å². The molecule has 0 bridgehead atoms. The molecule has 1 amide bonds. The molecule has 0 spiro atoms. The fourth-order valence-electron chi connectivity index (χ4n) is 4.26. The van der Waals surface area contributed by atoms with E-state index in [0.717, 1.165) is 10.2 Å². The molecule has 3 heterocycles. The van der Waals surface area contributed by atoms with E-state index in [4.69, 9.17) is 5.73 Å². The lowest BCUT2D eigenvalue weighted by Crippen LogP contribution is -2.28. The van der Waals surface area contributed by atoms with Crippen molar-refractivity contribution in [3.05, 3.63) is 86.1 Å². The van der Waals surface area contributed by atoms with Gasteiger partial charge in [0, 0.05) is 36.0 Å². The molecule has 10 heteroatoms. The molecule has 3 aromatic heterocycles. The van der Waals surface area contributed by atoms with E-state index in [1.807, 2.05) is 20.8 Å². The number of carbonyl (C=O) groups excluding carboxylic acids is 1. The van der Waals surface area contributed by atoms with Crippen LogP contribution >= 0.6 is 0 Å². The van der Waals surface area contributed by atoms with E-state index in [-0.39, 0.29) is 33.3 Å². The molecule has 0 saturated heterocycles. The Morgan fingerprint density at radius 3 is 2.51 bits per heavy atom. The second kappa shape index (κ2) is 9.36. The zero-order valence-electron chi connectivity index (χ0n) is 21.2. The van der Waals surface area contributed by atoms with Crippen molar-refractivity contribution in [2.24, 2.45) is 12.8 Å². The average molecular weight is 506 g/mol. The first kappa shape index (κ1) is 25.9. The summed E-state index contributed by atoms with van der Waals surface area (Å²) in [6, 6.07) is 6.22. The quantitative estimate of drug-likeness (QED) is 0.428. The number of aryl methyl sites for hydroxylation is 1. The number of hydrogen-bond donors (Lipinski definition) is 2. The molecule has 4 rings (SSSR count). The van der Waals surface area contributed by atoms with Crippen LogP contribution in [-0.4, -0.2) is 30.3 Å². The number of benzene rings is 1. The molecule has 1 unspecified atom stereocenters. The molecule has 0 aliphatic carbocycles. The standard InChI is InChI=1S/C27H28FN5O4/c1-14(23(29)35)19-9-16(12-32(5)25(19)36)18-6-7-30-24(20(18)13-34)33-26(37)22-15(11-31-33)8-17(10-21(22)28)27(2,3)4/h6-12,14,34H,13H2,1-5H3,(H2,29,35). The SMILES string of the molecule is CC(C(N)=O)c1cc(-c2ccnc(-n3ncc4cc(C(C)(C)C)cc(F)c4c3=O)c2CO)cn(C)c1=O. The highest BCUT2D eigenvalue weighted by atomic mass is 19.1. The van der Waals surface area contributed by atoms with E-state index in [9.17, 15) is 19.5 Å². The summed E-state index contributed by atoms with van der Waals surface area (Å²) in [4.78, 5) is 42.0. The fraction of sp³-hybridized carbons (Fsp3) is 0.296. The van der Waals surface area contributed by atoms with E-state index in [0.29, 0.717) is 16.5 Å². The summed E-state index contributed by atoms with van der Waals surface area (Å²) in [5.41, 5.74) is 6.09. The Bertz CT molecular complexity index is 1670. The Labute approximate surface area is 212 Å². The summed E-state index contributed by atoms with van der Waals surface area (Å²) in [5, 5.41) is 14.7. The zero-order chi connectivity index (χ0) is 27.2. The number of rotatable bonds is 5. The number of aromatic nitrogens is 4. The van der Waals surface area contributed by atoms with Crippen molar-refractivity contribution >= 4 is 16.7 Å². The lowest BCUT2D eigenvalue weighted by Gasteiger charge is -2.20. The summed E-state index contributed by atoms with van der Waals surface area (Å²) >= 11 is 0. The Balaban J connectivity index is 1.95. The average Bonchev–Trinajstić information content (AvgIpc) is 2.84. The summed E-state index contributed by atoms with van der Waals surface area (Å²) in [6.45, 7) is 6.84. The normalized spacial score (nSPS) is 12.6. The molecule has 0 saturated carbocycles. The fourth-order valence-corrected chi connectivity index (χ4v) is 4.26. The van der Waals surface area contributed by atoms with Crippen molar-refractivity contribution in [2.75, 3.05) is 0 Å². The highest BCUT2D eigenvalue weighted by Gasteiger charge is 2.22. The van der Waals surface area contributed by atoms with Crippen LogP contribution in [0.5, 0.6) is 0 Å². The maximum absolute atomic E-state index is 15.1. The number of carbonyl (C=O) groups is 1. The molecule has 0 fully saturated rings. The maximum Gasteiger partial charge on any atom is 0.283 e. The Morgan fingerprint density at radius 2 is 1.89 bits per heavy atom. The van der Waals surface area contributed by atoms with Gasteiger partial charge in [-0.2, -0.15) is 9.78 Å². The number of halogens is 1. The van der Waals surface area contributed by atoms with Gasteiger partial charge in [-0.15, -0.1) is 0 Å². The minimum absolute atomic E-state index is 0.0181. The van der Waals surface area contributed by atoms with Crippen LogP contribution in [0.4, 0.5) is 4.39 Å². The molecule has 0 aliphatic heterocycles. The van der Waals surface area contributed by atoms with Gasteiger partial charge >= 0.3 is 0 Å². The van der Waals surface area contributed by atoms with Crippen molar-refractivity contribution in [2.45, 2.75) is 45.6 Å². The zero-order valence-corrected chi connectivity index (χ0v) is 21.2. The maximum atomic E-state index is 15.1. The number of primary amides is 1. The third-order valence-electron chi connectivity index (χ3n) is 6.51. The van der Waals surface area contributed by atoms with Crippen molar-refractivity contribution in [3.63, 3.8) is 0 Å².